The van der Waals surface area contributed by atoms with Gasteiger partial charge >= 0.3 is 12.1 Å². The Balaban J connectivity index is 1.42. The molecule has 0 radical (unpaired) electrons. The van der Waals surface area contributed by atoms with Crippen LogP contribution in [0, 0.1) is 17.8 Å². The van der Waals surface area contributed by atoms with Crippen LogP contribution in [0.5, 0.6) is 5.75 Å². The largest absolute Gasteiger partial charge is 0.508 e. The molecule has 8 rings (SSSR count). The minimum Gasteiger partial charge on any atom is -0.508 e. The average molecular weight is 836 g/mol. The van der Waals surface area contributed by atoms with Gasteiger partial charge in [-0.1, -0.05) is 115 Å². The number of rotatable bonds is 11. The number of nitrogens with zero attached hydrogens (tertiary/aromatic N) is 2. The summed E-state index contributed by atoms with van der Waals surface area (Å²) in [4.78, 5) is 63.7. The molecule has 0 bridgehead atoms. The Hall–Kier alpha value is -6.82. The van der Waals surface area contributed by atoms with Gasteiger partial charge in [-0.25, -0.2) is 9.69 Å². The number of anilines is 1. The van der Waals surface area contributed by atoms with Crippen molar-refractivity contribution in [1.29, 1.82) is 0 Å². The van der Waals surface area contributed by atoms with E-state index in [1.807, 2.05) is 65.6 Å². The van der Waals surface area contributed by atoms with E-state index in [1.54, 1.807) is 60.7 Å². The molecule has 5 aromatic rings. The number of cyclic esters (lactones) is 1. The summed E-state index contributed by atoms with van der Waals surface area (Å²) in [5.41, 5.74) is 0.997. The maximum absolute atomic E-state index is 16.1. The van der Waals surface area contributed by atoms with E-state index in [2.05, 4.69) is 17.2 Å². The molecule has 5 aromatic carbocycles. The second-order valence-electron chi connectivity index (χ2n) is 15.3. The van der Waals surface area contributed by atoms with Crippen molar-refractivity contribution < 1.29 is 48.7 Å². The molecule has 0 saturated carbocycles. The number of aromatic hydroxyl groups is 1. The molecule has 0 aromatic heterocycles. The predicted octanol–water partition coefficient (Wildman–Crippen LogP) is 5.42. The van der Waals surface area contributed by atoms with Gasteiger partial charge in [0.2, 0.25) is 11.8 Å². The first-order valence-corrected chi connectivity index (χ1v) is 20.3. The molecule has 0 aliphatic carbocycles. The molecule has 3 amide bonds. The van der Waals surface area contributed by atoms with Gasteiger partial charge in [0.05, 0.1) is 43.0 Å². The van der Waals surface area contributed by atoms with Crippen molar-refractivity contribution in [3.63, 3.8) is 0 Å². The van der Waals surface area contributed by atoms with E-state index in [9.17, 15) is 20.1 Å². The standard InChI is InChI=1S/C49H45N3O10/c1-60-27-28-61-48(59)51-38-25-20-31(13-11-12-26-53)29-37(38)49(47(51)58)40(45(56)50-30-39(55)32-14-5-2-6-15-32)42-46(57)62-43(34-18-9-4-10-19-34)41(33-16-7-3-8-17-33)52(42)44(49)35-21-23-36(54)24-22-35/h2-10,14-25,29,39-44,53-55H,12,26-28,30H2,1H3,(H,50,56)/t39-,40-,41-,42-,43+,44+,49-/m0/s1. The number of benzene rings is 5. The molecule has 13 heteroatoms. The Morgan fingerprint density at radius 3 is 2.16 bits per heavy atom. The number of hydrogen-bond acceptors (Lipinski definition) is 11. The van der Waals surface area contributed by atoms with Gasteiger partial charge in [-0.15, -0.1) is 0 Å². The van der Waals surface area contributed by atoms with Crippen LogP contribution in [0.15, 0.2) is 133 Å². The minimum absolute atomic E-state index is 0.0391. The van der Waals surface area contributed by atoms with Gasteiger partial charge in [-0.3, -0.25) is 19.3 Å². The lowest BCUT2D eigenvalue weighted by Crippen LogP contribution is -2.56. The van der Waals surface area contributed by atoms with Gasteiger partial charge in [0.25, 0.3) is 0 Å². The number of morpholine rings is 1. The first-order chi connectivity index (χ1) is 30.2. The molecule has 3 aliphatic rings. The third-order valence-electron chi connectivity index (χ3n) is 11.8. The van der Waals surface area contributed by atoms with Gasteiger partial charge in [-0.05, 0) is 58.1 Å². The zero-order chi connectivity index (χ0) is 43.4. The van der Waals surface area contributed by atoms with Gasteiger partial charge in [0.15, 0.2) is 0 Å². The van der Waals surface area contributed by atoms with Crippen LogP contribution in [0.4, 0.5) is 10.5 Å². The van der Waals surface area contributed by atoms with Crippen molar-refractivity contribution in [2.45, 2.75) is 42.2 Å². The zero-order valence-corrected chi connectivity index (χ0v) is 33.8. The lowest BCUT2D eigenvalue weighted by molar-refractivity contribution is -0.178. The number of aliphatic hydroxyl groups excluding tert-OH is 2. The van der Waals surface area contributed by atoms with Crippen molar-refractivity contribution in [2.24, 2.45) is 5.92 Å². The number of imide groups is 1. The average Bonchev–Trinajstić information content (AvgIpc) is 3.75. The number of phenols is 1. The summed E-state index contributed by atoms with van der Waals surface area (Å²) in [6.07, 6.45) is -2.97. The molecule has 1 spiro atoms. The van der Waals surface area contributed by atoms with Crippen LogP contribution in [0.2, 0.25) is 0 Å². The number of fused-ring (bicyclic) bond motifs is 3. The SMILES string of the molecule is COCCOC(=O)N1C(=O)[C@@]2(c3cc(C#CCCO)ccc31)[C@H](C(=O)NC[C@H](O)c1ccccc1)[C@H]1C(=O)O[C@H](c3ccccc3)[C@H](c3ccccc3)N1[C@@H]2c1ccc(O)cc1. The number of carbonyl (C=O) groups is 4. The van der Waals surface area contributed by atoms with Crippen molar-refractivity contribution >= 4 is 29.6 Å². The molecule has 0 unspecified atom stereocenters. The van der Waals surface area contributed by atoms with Gasteiger partial charge in [0.1, 0.15) is 29.9 Å². The second-order valence-corrected chi connectivity index (χ2v) is 15.3. The highest BCUT2D eigenvalue weighted by Crippen LogP contribution is 2.66. The summed E-state index contributed by atoms with van der Waals surface area (Å²) >= 11 is 0. The van der Waals surface area contributed by atoms with E-state index in [1.165, 1.54) is 19.2 Å². The highest BCUT2D eigenvalue weighted by Gasteiger charge is 2.75. The van der Waals surface area contributed by atoms with Crippen LogP contribution in [0.3, 0.4) is 0 Å². The third-order valence-corrected chi connectivity index (χ3v) is 11.8. The Morgan fingerprint density at radius 1 is 0.839 bits per heavy atom. The number of hydrogen-bond donors (Lipinski definition) is 4. The number of amides is 3. The van der Waals surface area contributed by atoms with Crippen molar-refractivity contribution in [1.82, 2.24) is 10.2 Å². The number of carbonyl (C=O) groups excluding carboxylic acids is 4. The number of methoxy groups -OCH3 is 1. The quantitative estimate of drug-likeness (QED) is 0.0760. The van der Waals surface area contributed by atoms with Crippen LogP contribution in [0.25, 0.3) is 0 Å². The lowest BCUT2D eigenvalue weighted by atomic mass is 9.65. The molecule has 13 nitrogen and oxygen atoms in total. The van der Waals surface area contributed by atoms with E-state index in [4.69, 9.17) is 14.2 Å². The molecule has 3 heterocycles. The predicted molar refractivity (Wildman–Crippen MR) is 226 cm³/mol. The summed E-state index contributed by atoms with van der Waals surface area (Å²) in [6.45, 7) is -0.627. The number of nitrogens with one attached hydrogen (secondary N) is 1. The molecule has 62 heavy (non-hydrogen) atoms. The Kier molecular flexibility index (Phi) is 12.2. The topological polar surface area (TPSA) is 175 Å². The van der Waals surface area contributed by atoms with Gasteiger partial charge < -0.3 is 34.8 Å². The number of phenolic OH excluding ortho intramolecular Hbond substituents is 1. The fraction of sp³-hybridized carbons (Fsp3) is 0.265. The molecule has 2 saturated heterocycles. The number of esters is 1. The van der Waals surface area contributed by atoms with Crippen molar-refractivity contribution in [3.8, 4) is 17.6 Å². The maximum Gasteiger partial charge on any atom is 0.421 e. The highest BCUT2D eigenvalue weighted by atomic mass is 16.6. The van der Waals surface area contributed by atoms with Crippen LogP contribution in [-0.4, -0.2) is 83.6 Å². The van der Waals surface area contributed by atoms with Gasteiger partial charge in [-0.2, -0.15) is 0 Å². The molecular formula is C49H45N3O10. The lowest BCUT2D eigenvalue weighted by Gasteiger charge is -2.46. The molecule has 7 atom stereocenters. The van der Waals surface area contributed by atoms with Crippen molar-refractivity contribution in [2.75, 3.05) is 38.4 Å². The molecular weight excluding hydrogens is 791 g/mol. The zero-order valence-electron chi connectivity index (χ0n) is 33.8. The van der Waals surface area contributed by atoms with E-state index in [0.717, 1.165) is 4.90 Å². The Bertz CT molecular complexity index is 2490. The van der Waals surface area contributed by atoms with Crippen LogP contribution in [0.1, 0.15) is 64.1 Å². The summed E-state index contributed by atoms with van der Waals surface area (Å²) in [6, 6.07) is 34.8. The van der Waals surface area contributed by atoms with Crippen LogP contribution >= 0.6 is 0 Å². The van der Waals surface area contributed by atoms with Gasteiger partial charge in [0, 0.05) is 25.6 Å². The molecule has 316 valence electrons. The monoisotopic (exact) mass is 835 g/mol. The van der Waals surface area contributed by atoms with E-state index in [-0.39, 0.29) is 49.8 Å². The Morgan fingerprint density at radius 2 is 1.50 bits per heavy atom. The summed E-state index contributed by atoms with van der Waals surface area (Å²) in [7, 11) is 1.44. The Labute approximate surface area is 358 Å². The van der Waals surface area contributed by atoms with Crippen LogP contribution in [-0.2, 0) is 34.0 Å². The maximum atomic E-state index is 16.1. The second kappa shape index (κ2) is 18.0. The van der Waals surface area contributed by atoms with E-state index < -0.39 is 65.5 Å². The summed E-state index contributed by atoms with van der Waals surface area (Å²) in [5.74, 6) is 1.89. The highest BCUT2D eigenvalue weighted by molar-refractivity contribution is 6.23. The van der Waals surface area contributed by atoms with Crippen molar-refractivity contribution in [3.05, 3.63) is 167 Å². The van der Waals surface area contributed by atoms with E-state index >= 15 is 14.4 Å². The molecule has 3 aliphatic heterocycles. The smallest absolute Gasteiger partial charge is 0.421 e. The first kappa shape index (κ1) is 41.9. The number of aliphatic hydroxyl groups is 2. The summed E-state index contributed by atoms with van der Waals surface area (Å²) < 4.78 is 17.2. The minimum atomic E-state index is -2.09. The fourth-order valence-corrected chi connectivity index (χ4v) is 9.22. The van der Waals surface area contributed by atoms with E-state index in [0.29, 0.717) is 27.8 Å². The normalized spacial score (nSPS) is 23.1. The number of ether oxygens (including phenoxy) is 3. The molecule has 4 N–H and O–H groups in total. The fourth-order valence-electron chi connectivity index (χ4n) is 9.22. The third kappa shape index (κ3) is 7.47. The first-order valence-electron chi connectivity index (χ1n) is 20.3. The summed E-state index contributed by atoms with van der Waals surface area (Å²) in [5, 5.41) is 34.4. The van der Waals surface area contributed by atoms with Crippen LogP contribution < -0.4 is 10.2 Å². The molecule has 2 fully saturated rings.